The lowest BCUT2D eigenvalue weighted by atomic mass is 10.2. The summed E-state index contributed by atoms with van der Waals surface area (Å²) >= 11 is 0. The monoisotopic (exact) mass is 193 g/mol. The molecule has 4 heteroatoms. The summed E-state index contributed by atoms with van der Waals surface area (Å²) in [6, 6.07) is 3.10. The number of aromatic amines is 1. The summed E-state index contributed by atoms with van der Waals surface area (Å²) in [4.78, 5) is 24.0. The highest BCUT2D eigenvalue weighted by Gasteiger charge is 1.93. The molecule has 0 saturated heterocycles. The average Bonchev–Trinajstić information content (AvgIpc) is 2.21. The van der Waals surface area contributed by atoms with Crippen molar-refractivity contribution in [2.45, 2.75) is 6.42 Å². The minimum atomic E-state index is -0.286. The van der Waals surface area contributed by atoms with Crippen LogP contribution in [0.1, 0.15) is 12.0 Å². The van der Waals surface area contributed by atoms with Crippen LogP contribution >= 0.6 is 0 Å². The maximum atomic E-state index is 10.7. The zero-order valence-electron chi connectivity index (χ0n) is 7.82. The van der Waals surface area contributed by atoms with Gasteiger partial charge in [0.15, 0.2) is 0 Å². The van der Waals surface area contributed by atoms with Gasteiger partial charge in [-0.05, 0) is 11.6 Å². The van der Waals surface area contributed by atoms with E-state index in [1.807, 2.05) is 0 Å². The largest absolute Gasteiger partial charge is 0.469 e. The molecule has 0 unspecified atom stereocenters. The van der Waals surface area contributed by atoms with Crippen LogP contribution in [0.4, 0.5) is 0 Å². The molecule has 1 heterocycles. The van der Waals surface area contributed by atoms with Crippen molar-refractivity contribution in [2.24, 2.45) is 0 Å². The Morgan fingerprint density at radius 2 is 2.36 bits per heavy atom. The lowest BCUT2D eigenvalue weighted by molar-refractivity contribution is -0.139. The SMILES string of the molecule is COC(=O)CC=Cc1ccc(=O)[nH]c1. The van der Waals surface area contributed by atoms with E-state index in [4.69, 9.17) is 0 Å². The van der Waals surface area contributed by atoms with Crippen molar-refractivity contribution in [3.05, 3.63) is 40.3 Å². The molecule has 0 amide bonds. The van der Waals surface area contributed by atoms with E-state index >= 15 is 0 Å². The lowest BCUT2D eigenvalue weighted by Gasteiger charge is -1.93. The fourth-order valence-electron chi connectivity index (χ4n) is 0.901. The number of methoxy groups -OCH3 is 1. The summed E-state index contributed by atoms with van der Waals surface area (Å²) in [7, 11) is 1.34. The molecular weight excluding hydrogens is 182 g/mol. The molecule has 0 radical (unpaired) electrons. The number of ether oxygens (including phenoxy) is 1. The first-order chi connectivity index (χ1) is 6.72. The Hall–Kier alpha value is -1.84. The second-order valence-corrected chi connectivity index (χ2v) is 2.67. The third-order valence-corrected chi connectivity index (χ3v) is 1.63. The molecule has 74 valence electrons. The molecular formula is C10H11NO3. The quantitative estimate of drug-likeness (QED) is 0.727. The van der Waals surface area contributed by atoms with Crippen LogP contribution in [0.2, 0.25) is 0 Å². The number of carbonyl (C=O) groups is 1. The van der Waals surface area contributed by atoms with Gasteiger partial charge in [0, 0.05) is 12.3 Å². The van der Waals surface area contributed by atoms with Gasteiger partial charge in [0.25, 0.3) is 0 Å². The predicted molar refractivity (Wildman–Crippen MR) is 52.7 cm³/mol. The van der Waals surface area contributed by atoms with E-state index in [0.717, 1.165) is 5.56 Å². The molecule has 0 spiro atoms. The standard InChI is InChI=1S/C10H11NO3/c1-14-10(13)4-2-3-8-5-6-9(12)11-7-8/h2-3,5-7H,4H2,1H3,(H,11,12). The third kappa shape index (κ3) is 3.26. The van der Waals surface area contributed by atoms with Gasteiger partial charge in [0.2, 0.25) is 5.56 Å². The van der Waals surface area contributed by atoms with Gasteiger partial charge in [-0.1, -0.05) is 12.2 Å². The van der Waals surface area contributed by atoms with Crippen molar-refractivity contribution in [1.82, 2.24) is 4.98 Å². The van der Waals surface area contributed by atoms with Crippen LogP contribution in [-0.4, -0.2) is 18.1 Å². The van der Waals surface area contributed by atoms with Crippen molar-refractivity contribution in [2.75, 3.05) is 7.11 Å². The van der Waals surface area contributed by atoms with E-state index < -0.39 is 0 Å². The Labute approximate surface area is 81.2 Å². The van der Waals surface area contributed by atoms with Gasteiger partial charge in [-0.15, -0.1) is 0 Å². The van der Waals surface area contributed by atoms with E-state index in [1.54, 1.807) is 24.4 Å². The number of pyridine rings is 1. The van der Waals surface area contributed by atoms with Crippen LogP contribution in [0.15, 0.2) is 29.2 Å². The van der Waals surface area contributed by atoms with Gasteiger partial charge >= 0.3 is 5.97 Å². The van der Waals surface area contributed by atoms with Crippen LogP contribution in [0.3, 0.4) is 0 Å². The maximum absolute atomic E-state index is 10.7. The van der Waals surface area contributed by atoms with Crippen molar-refractivity contribution in [3.8, 4) is 0 Å². The van der Waals surface area contributed by atoms with Crippen molar-refractivity contribution in [1.29, 1.82) is 0 Å². The van der Waals surface area contributed by atoms with Crippen molar-refractivity contribution < 1.29 is 9.53 Å². The van der Waals surface area contributed by atoms with Gasteiger partial charge in [0.05, 0.1) is 13.5 Å². The summed E-state index contributed by atoms with van der Waals surface area (Å²) in [5.41, 5.74) is 0.698. The second-order valence-electron chi connectivity index (χ2n) is 2.67. The Balaban J connectivity index is 2.56. The van der Waals surface area contributed by atoms with Crippen molar-refractivity contribution in [3.63, 3.8) is 0 Å². The summed E-state index contributed by atoms with van der Waals surface area (Å²) < 4.78 is 4.46. The Bertz CT molecular complexity index is 372. The second kappa shape index (κ2) is 5.01. The van der Waals surface area contributed by atoms with E-state index in [-0.39, 0.29) is 17.9 Å². The molecule has 1 N–H and O–H groups in total. The Morgan fingerprint density at radius 1 is 1.57 bits per heavy atom. The van der Waals surface area contributed by atoms with Crippen molar-refractivity contribution >= 4 is 12.0 Å². The smallest absolute Gasteiger partial charge is 0.309 e. The fourth-order valence-corrected chi connectivity index (χ4v) is 0.901. The average molecular weight is 193 g/mol. The molecule has 1 rings (SSSR count). The van der Waals surface area contributed by atoms with Crippen LogP contribution < -0.4 is 5.56 Å². The highest BCUT2D eigenvalue weighted by atomic mass is 16.5. The maximum Gasteiger partial charge on any atom is 0.309 e. The first-order valence-corrected chi connectivity index (χ1v) is 4.14. The van der Waals surface area contributed by atoms with E-state index in [0.29, 0.717) is 0 Å². The normalized spacial score (nSPS) is 10.4. The van der Waals surface area contributed by atoms with Crippen LogP contribution in [0, 0.1) is 0 Å². The number of rotatable bonds is 3. The molecule has 1 aromatic rings. The van der Waals surface area contributed by atoms with Crippen LogP contribution in [-0.2, 0) is 9.53 Å². The zero-order valence-corrected chi connectivity index (χ0v) is 7.82. The predicted octanol–water partition coefficient (Wildman–Crippen LogP) is 0.951. The van der Waals surface area contributed by atoms with E-state index in [1.165, 1.54) is 13.2 Å². The summed E-state index contributed by atoms with van der Waals surface area (Å²) in [5, 5.41) is 0. The molecule has 0 aliphatic rings. The van der Waals surface area contributed by atoms with Gasteiger partial charge < -0.3 is 9.72 Å². The molecule has 0 aliphatic carbocycles. The molecule has 1 aromatic heterocycles. The Morgan fingerprint density at radius 3 is 2.93 bits per heavy atom. The van der Waals surface area contributed by atoms with E-state index in [2.05, 4.69) is 9.72 Å². The molecule has 0 atom stereocenters. The van der Waals surface area contributed by atoms with E-state index in [9.17, 15) is 9.59 Å². The minimum absolute atomic E-state index is 0.143. The van der Waals surface area contributed by atoms with Gasteiger partial charge in [-0.3, -0.25) is 9.59 Å². The number of nitrogens with one attached hydrogen (secondary N) is 1. The summed E-state index contributed by atoms with van der Waals surface area (Å²) in [6.07, 6.45) is 5.23. The molecule has 0 aromatic carbocycles. The van der Waals surface area contributed by atoms with Gasteiger partial charge in [-0.2, -0.15) is 0 Å². The molecule has 0 fully saturated rings. The topological polar surface area (TPSA) is 59.2 Å². The highest BCUT2D eigenvalue weighted by molar-refractivity contribution is 5.72. The highest BCUT2D eigenvalue weighted by Crippen LogP contribution is 1.98. The lowest BCUT2D eigenvalue weighted by Crippen LogP contribution is -2.01. The fraction of sp³-hybridized carbons (Fsp3) is 0.200. The molecule has 4 nitrogen and oxygen atoms in total. The first kappa shape index (κ1) is 10.2. The summed E-state index contributed by atoms with van der Waals surface area (Å²) in [6.45, 7) is 0. The number of hydrogen-bond donors (Lipinski definition) is 1. The first-order valence-electron chi connectivity index (χ1n) is 4.14. The zero-order chi connectivity index (χ0) is 10.4. The van der Waals surface area contributed by atoms with Crippen LogP contribution in [0.5, 0.6) is 0 Å². The van der Waals surface area contributed by atoms with Gasteiger partial charge in [0.1, 0.15) is 0 Å². The third-order valence-electron chi connectivity index (χ3n) is 1.63. The number of hydrogen-bond acceptors (Lipinski definition) is 3. The molecule has 0 bridgehead atoms. The molecule has 0 aliphatic heterocycles. The number of aromatic nitrogens is 1. The number of esters is 1. The number of carbonyl (C=O) groups excluding carboxylic acids is 1. The molecule has 0 saturated carbocycles. The summed E-state index contributed by atoms with van der Waals surface area (Å²) in [5.74, 6) is -0.286. The Kier molecular flexibility index (Phi) is 3.67. The van der Waals surface area contributed by atoms with Gasteiger partial charge in [-0.25, -0.2) is 0 Å². The minimum Gasteiger partial charge on any atom is -0.469 e. The molecule has 14 heavy (non-hydrogen) atoms. The van der Waals surface area contributed by atoms with Crippen LogP contribution in [0.25, 0.3) is 6.08 Å². The number of H-pyrrole nitrogens is 1.